The highest BCUT2D eigenvalue weighted by molar-refractivity contribution is 5.10. The molecule has 3 heteroatoms. The Morgan fingerprint density at radius 1 is 1.10 bits per heavy atom. The van der Waals surface area contributed by atoms with Crippen molar-refractivity contribution in [1.82, 2.24) is 14.9 Å². The molecule has 0 saturated carbocycles. The molecular formula is C17H21N3. The van der Waals surface area contributed by atoms with Gasteiger partial charge in [0.25, 0.3) is 0 Å². The van der Waals surface area contributed by atoms with Crippen molar-refractivity contribution in [3.05, 3.63) is 60.2 Å². The number of likely N-dealkylation sites (tertiary alicyclic amines) is 1. The molecule has 1 fully saturated rings. The average molecular weight is 267 g/mol. The molecule has 20 heavy (non-hydrogen) atoms. The lowest BCUT2D eigenvalue weighted by atomic mass is 10.0. The predicted molar refractivity (Wildman–Crippen MR) is 80.2 cm³/mol. The smallest absolute Gasteiger partial charge is 0.0544 e. The maximum absolute atomic E-state index is 4.45. The first-order valence-corrected chi connectivity index (χ1v) is 7.45. The molecule has 0 unspecified atom stereocenters. The van der Waals surface area contributed by atoms with Crippen LogP contribution in [0.5, 0.6) is 0 Å². The Labute approximate surface area is 120 Å². The minimum atomic E-state index is 0.699. The maximum atomic E-state index is 4.45. The number of pyridine rings is 2. The van der Waals surface area contributed by atoms with Crippen molar-refractivity contribution >= 4 is 0 Å². The van der Waals surface area contributed by atoms with Gasteiger partial charge in [-0.2, -0.15) is 0 Å². The van der Waals surface area contributed by atoms with E-state index in [9.17, 15) is 0 Å². The van der Waals surface area contributed by atoms with Crippen molar-refractivity contribution in [2.75, 3.05) is 6.54 Å². The van der Waals surface area contributed by atoms with E-state index in [-0.39, 0.29) is 0 Å². The van der Waals surface area contributed by atoms with Gasteiger partial charge in [0, 0.05) is 31.2 Å². The zero-order valence-corrected chi connectivity index (χ0v) is 11.8. The third-order valence-electron chi connectivity index (χ3n) is 4.11. The molecule has 1 aliphatic rings. The summed E-state index contributed by atoms with van der Waals surface area (Å²) in [6.07, 6.45) is 10.7. The van der Waals surface area contributed by atoms with Crippen molar-refractivity contribution in [2.45, 2.75) is 38.3 Å². The summed E-state index contributed by atoms with van der Waals surface area (Å²) in [7, 11) is 0. The Hall–Kier alpha value is -1.74. The maximum Gasteiger partial charge on any atom is 0.0544 e. The third-order valence-corrected chi connectivity index (χ3v) is 4.11. The van der Waals surface area contributed by atoms with Crippen LogP contribution in [0.1, 0.15) is 30.5 Å². The van der Waals surface area contributed by atoms with Crippen LogP contribution in [0.15, 0.2) is 48.9 Å². The minimum Gasteiger partial charge on any atom is -0.295 e. The van der Waals surface area contributed by atoms with Crippen LogP contribution in [0.25, 0.3) is 0 Å². The van der Waals surface area contributed by atoms with Crippen molar-refractivity contribution in [3.8, 4) is 0 Å². The van der Waals surface area contributed by atoms with E-state index in [4.69, 9.17) is 0 Å². The second kappa shape index (κ2) is 6.62. The highest BCUT2D eigenvalue weighted by Gasteiger charge is 2.24. The average Bonchev–Trinajstić information content (AvgIpc) is 2.94. The molecule has 3 nitrogen and oxygen atoms in total. The number of nitrogens with zero attached hydrogens (tertiary/aromatic N) is 3. The van der Waals surface area contributed by atoms with Gasteiger partial charge in [0.1, 0.15) is 0 Å². The quantitative estimate of drug-likeness (QED) is 0.833. The van der Waals surface area contributed by atoms with Gasteiger partial charge >= 0.3 is 0 Å². The Bertz CT molecular complexity index is 512. The topological polar surface area (TPSA) is 29.0 Å². The van der Waals surface area contributed by atoms with E-state index in [2.05, 4.69) is 39.1 Å². The molecule has 0 bridgehead atoms. The van der Waals surface area contributed by atoms with Crippen molar-refractivity contribution in [3.63, 3.8) is 0 Å². The zero-order valence-electron chi connectivity index (χ0n) is 11.8. The molecule has 0 aliphatic carbocycles. The van der Waals surface area contributed by atoms with E-state index in [1.807, 2.05) is 24.7 Å². The number of hydrogen-bond donors (Lipinski definition) is 0. The lowest BCUT2D eigenvalue weighted by Crippen LogP contribution is -2.29. The van der Waals surface area contributed by atoms with Crippen LogP contribution in [0.2, 0.25) is 0 Å². The van der Waals surface area contributed by atoms with Crippen LogP contribution in [-0.4, -0.2) is 27.5 Å². The van der Waals surface area contributed by atoms with Crippen LogP contribution in [0, 0.1) is 0 Å². The lowest BCUT2D eigenvalue weighted by Gasteiger charge is -2.24. The van der Waals surface area contributed by atoms with Gasteiger partial charge in [0.05, 0.1) is 5.69 Å². The number of rotatable bonds is 5. The SMILES string of the molecule is c1ccc(CN2CCC[C@H]2CCc2ccncc2)nc1. The fourth-order valence-corrected chi connectivity index (χ4v) is 3.01. The standard InChI is InChI=1S/C17H21N3/c1-2-10-19-16(4-1)14-20-13-3-5-17(20)7-6-15-8-11-18-12-9-15/h1-2,4,8-12,17H,3,5-7,13-14H2/t17-/m0/s1. The highest BCUT2D eigenvalue weighted by Crippen LogP contribution is 2.23. The molecule has 1 aliphatic heterocycles. The van der Waals surface area contributed by atoms with E-state index < -0.39 is 0 Å². The summed E-state index contributed by atoms with van der Waals surface area (Å²) in [5.74, 6) is 0. The fraction of sp³-hybridized carbons (Fsp3) is 0.412. The first-order chi connectivity index (χ1) is 9.92. The summed E-state index contributed by atoms with van der Waals surface area (Å²) in [4.78, 5) is 11.1. The van der Waals surface area contributed by atoms with Crippen LogP contribution in [-0.2, 0) is 13.0 Å². The van der Waals surface area contributed by atoms with Gasteiger partial charge in [-0.1, -0.05) is 6.07 Å². The van der Waals surface area contributed by atoms with Crippen molar-refractivity contribution in [2.24, 2.45) is 0 Å². The molecule has 104 valence electrons. The summed E-state index contributed by atoms with van der Waals surface area (Å²) >= 11 is 0. The van der Waals surface area contributed by atoms with Gasteiger partial charge in [-0.25, -0.2) is 0 Å². The molecule has 3 rings (SSSR count). The molecule has 0 amide bonds. The second-order valence-corrected chi connectivity index (χ2v) is 5.48. The monoisotopic (exact) mass is 267 g/mol. The van der Waals surface area contributed by atoms with E-state index in [1.54, 1.807) is 0 Å². The van der Waals surface area contributed by atoms with Crippen LogP contribution >= 0.6 is 0 Å². The van der Waals surface area contributed by atoms with Gasteiger partial charge in [-0.3, -0.25) is 14.9 Å². The van der Waals surface area contributed by atoms with E-state index in [0.29, 0.717) is 6.04 Å². The summed E-state index contributed by atoms with van der Waals surface area (Å²) in [6, 6.07) is 11.1. The van der Waals surface area contributed by atoms with E-state index in [0.717, 1.165) is 13.0 Å². The molecule has 2 aromatic rings. The molecule has 1 atom stereocenters. The molecule has 0 radical (unpaired) electrons. The minimum absolute atomic E-state index is 0.699. The van der Waals surface area contributed by atoms with Gasteiger partial charge in [-0.05, 0) is 62.1 Å². The molecule has 0 aromatic carbocycles. The van der Waals surface area contributed by atoms with E-state index >= 15 is 0 Å². The van der Waals surface area contributed by atoms with Gasteiger partial charge in [0.15, 0.2) is 0 Å². The Kier molecular flexibility index (Phi) is 4.38. The Balaban J connectivity index is 1.56. The Morgan fingerprint density at radius 2 is 2.00 bits per heavy atom. The molecule has 0 N–H and O–H groups in total. The summed E-state index contributed by atoms with van der Waals surface area (Å²) in [5.41, 5.74) is 2.58. The fourth-order valence-electron chi connectivity index (χ4n) is 3.01. The second-order valence-electron chi connectivity index (χ2n) is 5.48. The summed E-state index contributed by atoms with van der Waals surface area (Å²) in [5, 5.41) is 0. The molecule has 2 aromatic heterocycles. The van der Waals surface area contributed by atoms with Crippen LogP contribution in [0.3, 0.4) is 0 Å². The number of aromatic nitrogens is 2. The normalized spacial score (nSPS) is 19.3. The van der Waals surface area contributed by atoms with Crippen LogP contribution < -0.4 is 0 Å². The Morgan fingerprint density at radius 3 is 2.80 bits per heavy atom. The first-order valence-electron chi connectivity index (χ1n) is 7.45. The highest BCUT2D eigenvalue weighted by atomic mass is 15.2. The predicted octanol–water partition coefficient (Wildman–Crippen LogP) is 3.07. The van der Waals surface area contributed by atoms with Gasteiger partial charge in [-0.15, -0.1) is 0 Å². The van der Waals surface area contributed by atoms with Crippen molar-refractivity contribution < 1.29 is 0 Å². The third kappa shape index (κ3) is 3.42. The lowest BCUT2D eigenvalue weighted by molar-refractivity contribution is 0.232. The number of aryl methyl sites for hydroxylation is 1. The van der Waals surface area contributed by atoms with Crippen molar-refractivity contribution in [1.29, 1.82) is 0 Å². The van der Waals surface area contributed by atoms with E-state index in [1.165, 1.54) is 37.1 Å². The van der Waals surface area contributed by atoms with Crippen LogP contribution in [0.4, 0.5) is 0 Å². The molecular weight excluding hydrogens is 246 g/mol. The van der Waals surface area contributed by atoms with Gasteiger partial charge in [0.2, 0.25) is 0 Å². The molecule has 1 saturated heterocycles. The molecule has 3 heterocycles. The summed E-state index contributed by atoms with van der Waals surface area (Å²) < 4.78 is 0. The first kappa shape index (κ1) is 13.3. The molecule has 0 spiro atoms. The summed E-state index contributed by atoms with van der Waals surface area (Å²) in [6.45, 7) is 2.19. The zero-order chi connectivity index (χ0) is 13.6. The number of hydrogen-bond acceptors (Lipinski definition) is 3. The van der Waals surface area contributed by atoms with Gasteiger partial charge < -0.3 is 0 Å². The largest absolute Gasteiger partial charge is 0.295 e.